The van der Waals surface area contributed by atoms with Crippen molar-refractivity contribution >= 4 is 43.0 Å². The lowest BCUT2D eigenvalue weighted by atomic mass is 10.3. The molecule has 0 aliphatic carbocycles. The van der Waals surface area contributed by atoms with Crippen LogP contribution in [0.15, 0.2) is 38.5 Å². The topological polar surface area (TPSA) is 76.3 Å². The van der Waals surface area contributed by atoms with E-state index in [0.717, 1.165) is 0 Å². The molecule has 0 amide bonds. The first-order chi connectivity index (χ1) is 8.91. The Kier molecular flexibility index (Phi) is 4.24. The summed E-state index contributed by atoms with van der Waals surface area (Å²) < 4.78 is 26.8. The Bertz CT molecular complexity index is 671. The van der Waals surface area contributed by atoms with E-state index in [0.29, 0.717) is 10.2 Å². The van der Waals surface area contributed by atoms with Gasteiger partial charge in [-0.2, -0.15) is 4.31 Å². The van der Waals surface area contributed by atoms with Gasteiger partial charge < -0.3 is 5.73 Å². The number of benzene rings is 1. The van der Waals surface area contributed by atoms with Crippen LogP contribution in [0, 0.1) is 0 Å². The second-order valence-electron chi connectivity index (χ2n) is 3.92. The Morgan fingerprint density at radius 1 is 1.47 bits per heavy atom. The van der Waals surface area contributed by atoms with E-state index < -0.39 is 10.0 Å². The molecular formula is C11H12BrN3O2S2. The monoisotopic (exact) mass is 361 g/mol. The molecule has 5 nitrogen and oxygen atoms in total. The zero-order chi connectivity index (χ0) is 14.0. The summed E-state index contributed by atoms with van der Waals surface area (Å²) in [6.45, 7) is 0.220. The van der Waals surface area contributed by atoms with E-state index in [-0.39, 0.29) is 17.1 Å². The van der Waals surface area contributed by atoms with Crippen molar-refractivity contribution in [3.8, 4) is 0 Å². The molecule has 0 fully saturated rings. The molecule has 0 saturated carbocycles. The second kappa shape index (κ2) is 5.58. The number of nitrogens with zero attached hydrogens (tertiary/aromatic N) is 2. The minimum absolute atomic E-state index is 0.0969. The molecule has 0 saturated heterocycles. The highest BCUT2D eigenvalue weighted by Gasteiger charge is 2.24. The molecule has 0 aliphatic rings. The predicted molar refractivity (Wildman–Crippen MR) is 79.3 cm³/mol. The van der Waals surface area contributed by atoms with Crippen molar-refractivity contribution in [3.63, 3.8) is 0 Å². The van der Waals surface area contributed by atoms with Gasteiger partial charge in [0.05, 0.1) is 23.4 Å². The van der Waals surface area contributed by atoms with Crippen molar-refractivity contribution in [1.82, 2.24) is 9.29 Å². The fraction of sp³-hybridized carbons (Fsp3) is 0.182. The Hall–Kier alpha value is -0.960. The van der Waals surface area contributed by atoms with Gasteiger partial charge in [0.25, 0.3) is 0 Å². The van der Waals surface area contributed by atoms with Gasteiger partial charge in [-0.25, -0.2) is 13.4 Å². The van der Waals surface area contributed by atoms with E-state index in [4.69, 9.17) is 5.73 Å². The third kappa shape index (κ3) is 3.14. The quantitative estimate of drug-likeness (QED) is 0.847. The first kappa shape index (κ1) is 14.4. The van der Waals surface area contributed by atoms with Gasteiger partial charge in [-0.05, 0) is 18.2 Å². The summed E-state index contributed by atoms with van der Waals surface area (Å²) >= 11 is 4.68. The van der Waals surface area contributed by atoms with Crippen molar-refractivity contribution < 1.29 is 8.42 Å². The van der Waals surface area contributed by atoms with Crippen LogP contribution in [0.5, 0.6) is 0 Å². The van der Waals surface area contributed by atoms with Gasteiger partial charge in [0.1, 0.15) is 4.90 Å². The summed E-state index contributed by atoms with van der Waals surface area (Å²) in [5.41, 5.74) is 8.36. The Morgan fingerprint density at radius 3 is 2.84 bits per heavy atom. The lowest BCUT2D eigenvalue weighted by Crippen LogP contribution is -2.27. The smallest absolute Gasteiger partial charge is 0.245 e. The molecule has 0 atom stereocenters. The van der Waals surface area contributed by atoms with Crippen LogP contribution in [-0.2, 0) is 16.6 Å². The number of nitrogen functional groups attached to an aromatic ring is 1. The number of sulfonamides is 1. The molecule has 2 rings (SSSR count). The Morgan fingerprint density at radius 2 is 2.21 bits per heavy atom. The highest BCUT2D eigenvalue weighted by atomic mass is 79.9. The van der Waals surface area contributed by atoms with E-state index >= 15 is 0 Å². The average Bonchev–Trinajstić information content (AvgIpc) is 2.85. The van der Waals surface area contributed by atoms with Crippen LogP contribution >= 0.6 is 27.3 Å². The van der Waals surface area contributed by atoms with Gasteiger partial charge >= 0.3 is 0 Å². The van der Waals surface area contributed by atoms with Crippen molar-refractivity contribution in [1.29, 1.82) is 0 Å². The van der Waals surface area contributed by atoms with Gasteiger partial charge in [-0.15, -0.1) is 11.3 Å². The molecule has 0 spiro atoms. The van der Waals surface area contributed by atoms with E-state index in [2.05, 4.69) is 20.9 Å². The van der Waals surface area contributed by atoms with Crippen LogP contribution in [0.3, 0.4) is 0 Å². The number of hydrogen-bond acceptors (Lipinski definition) is 5. The standard InChI is InChI=1S/C11H12BrN3O2S2/c1-15(5-9-6-18-7-14-9)19(16,17)11-4-8(12)2-3-10(11)13/h2-4,6-7H,5,13H2,1H3. The van der Waals surface area contributed by atoms with E-state index in [1.54, 1.807) is 17.6 Å². The molecule has 0 bridgehead atoms. The number of halogens is 1. The summed E-state index contributed by atoms with van der Waals surface area (Å²) in [7, 11) is -2.12. The number of rotatable bonds is 4. The van der Waals surface area contributed by atoms with E-state index in [1.165, 1.54) is 28.8 Å². The maximum Gasteiger partial charge on any atom is 0.245 e. The zero-order valence-corrected chi connectivity index (χ0v) is 13.3. The van der Waals surface area contributed by atoms with Gasteiger partial charge in [-0.3, -0.25) is 0 Å². The molecule has 102 valence electrons. The lowest BCUT2D eigenvalue weighted by molar-refractivity contribution is 0.463. The molecule has 1 aromatic carbocycles. The highest BCUT2D eigenvalue weighted by molar-refractivity contribution is 9.10. The summed E-state index contributed by atoms with van der Waals surface area (Å²) in [5, 5.41) is 1.82. The number of nitrogens with two attached hydrogens (primary N) is 1. The Balaban J connectivity index is 2.33. The summed E-state index contributed by atoms with van der Waals surface area (Å²) in [6.07, 6.45) is 0. The normalized spacial score (nSPS) is 11.9. The third-order valence-electron chi connectivity index (χ3n) is 2.53. The summed E-state index contributed by atoms with van der Waals surface area (Å²) in [6, 6.07) is 4.77. The number of aromatic nitrogens is 1. The van der Waals surface area contributed by atoms with Gasteiger partial charge in [0, 0.05) is 16.9 Å². The molecule has 1 aromatic heterocycles. The molecule has 19 heavy (non-hydrogen) atoms. The molecule has 0 aliphatic heterocycles. The van der Waals surface area contributed by atoms with Crippen molar-refractivity contribution in [3.05, 3.63) is 39.3 Å². The molecule has 2 N–H and O–H groups in total. The minimum atomic E-state index is -3.63. The van der Waals surface area contributed by atoms with Crippen molar-refractivity contribution in [2.75, 3.05) is 12.8 Å². The van der Waals surface area contributed by atoms with Crippen LogP contribution in [0.25, 0.3) is 0 Å². The van der Waals surface area contributed by atoms with Crippen molar-refractivity contribution in [2.45, 2.75) is 11.4 Å². The van der Waals surface area contributed by atoms with Crippen LogP contribution in [0.1, 0.15) is 5.69 Å². The van der Waals surface area contributed by atoms with Crippen LogP contribution < -0.4 is 5.73 Å². The average molecular weight is 362 g/mol. The van der Waals surface area contributed by atoms with Gasteiger partial charge in [-0.1, -0.05) is 15.9 Å². The maximum absolute atomic E-state index is 12.4. The van der Waals surface area contributed by atoms with Crippen LogP contribution in [0.2, 0.25) is 0 Å². The maximum atomic E-state index is 12.4. The van der Waals surface area contributed by atoms with Gasteiger partial charge in [0.15, 0.2) is 0 Å². The highest BCUT2D eigenvalue weighted by Crippen LogP contribution is 2.26. The summed E-state index contributed by atoms with van der Waals surface area (Å²) in [4.78, 5) is 4.17. The number of thiazole rings is 1. The first-order valence-electron chi connectivity index (χ1n) is 5.29. The number of anilines is 1. The minimum Gasteiger partial charge on any atom is -0.398 e. The SMILES string of the molecule is CN(Cc1cscn1)S(=O)(=O)c1cc(Br)ccc1N. The molecule has 2 aromatic rings. The summed E-state index contributed by atoms with van der Waals surface area (Å²) in [5.74, 6) is 0. The molecule has 8 heteroatoms. The molecular weight excluding hydrogens is 350 g/mol. The lowest BCUT2D eigenvalue weighted by Gasteiger charge is -2.17. The van der Waals surface area contributed by atoms with Crippen molar-refractivity contribution in [2.24, 2.45) is 0 Å². The predicted octanol–water partition coefficient (Wildman–Crippen LogP) is 2.31. The van der Waals surface area contributed by atoms with E-state index in [9.17, 15) is 8.42 Å². The fourth-order valence-electron chi connectivity index (χ4n) is 1.53. The third-order valence-corrected chi connectivity index (χ3v) is 5.52. The van der Waals surface area contributed by atoms with Crippen LogP contribution in [0.4, 0.5) is 5.69 Å². The second-order valence-corrected chi connectivity index (χ2v) is 7.57. The van der Waals surface area contributed by atoms with E-state index in [1.807, 2.05) is 5.38 Å². The van der Waals surface area contributed by atoms with Crippen LogP contribution in [-0.4, -0.2) is 24.8 Å². The Labute approximate surface area is 124 Å². The largest absolute Gasteiger partial charge is 0.398 e. The number of hydrogen-bond donors (Lipinski definition) is 1. The van der Waals surface area contributed by atoms with Gasteiger partial charge in [0.2, 0.25) is 10.0 Å². The first-order valence-corrected chi connectivity index (χ1v) is 8.47. The fourth-order valence-corrected chi connectivity index (χ4v) is 3.87. The molecule has 0 radical (unpaired) electrons. The molecule has 1 heterocycles. The molecule has 0 unspecified atom stereocenters. The zero-order valence-electron chi connectivity index (χ0n) is 10.1.